The van der Waals surface area contributed by atoms with Crippen molar-refractivity contribution < 1.29 is 9.47 Å². The van der Waals surface area contributed by atoms with Crippen LogP contribution in [0.15, 0.2) is 0 Å². The molecule has 7 heteroatoms. The van der Waals surface area contributed by atoms with Crippen LogP contribution in [0, 0.1) is 5.41 Å². The van der Waals surface area contributed by atoms with Crippen LogP contribution in [-0.2, 0) is 22.6 Å². The number of hydrogen-bond acceptors (Lipinski definition) is 6. The molecule has 4 rings (SSSR count). The summed E-state index contributed by atoms with van der Waals surface area (Å²) in [5.41, 5.74) is 6.45. The fraction of sp³-hybridized carbons (Fsp3) is 0.895. The first-order valence-corrected chi connectivity index (χ1v) is 10.2. The molecule has 1 aliphatic carbocycles. The second-order valence-electron chi connectivity index (χ2n) is 8.47. The van der Waals surface area contributed by atoms with Crippen LogP contribution < -0.4 is 5.73 Å². The molecular weight excluding hydrogens is 330 g/mol. The predicted molar refractivity (Wildman–Crippen MR) is 98.8 cm³/mol. The monoisotopic (exact) mass is 363 g/mol. The summed E-state index contributed by atoms with van der Waals surface area (Å²) >= 11 is 0. The first-order valence-electron chi connectivity index (χ1n) is 10.2. The van der Waals surface area contributed by atoms with Crippen LogP contribution >= 0.6 is 0 Å². The SMILES string of the molecule is COCCn1c(CN2CCCC3(CCOCC3)C2)nnc1C1CC(N)C1. The van der Waals surface area contributed by atoms with Crippen molar-refractivity contribution in [3.8, 4) is 0 Å². The molecule has 7 nitrogen and oxygen atoms in total. The molecule has 1 aromatic rings. The van der Waals surface area contributed by atoms with E-state index in [0.717, 1.165) is 63.9 Å². The maximum Gasteiger partial charge on any atom is 0.147 e. The molecule has 0 atom stereocenters. The minimum Gasteiger partial charge on any atom is -0.383 e. The van der Waals surface area contributed by atoms with Crippen molar-refractivity contribution in [3.63, 3.8) is 0 Å². The average Bonchev–Trinajstić information content (AvgIpc) is 3.00. The highest BCUT2D eigenvalue weighted by Gasteiger charge is 2.38. The molecule has 146 valence electrons. The van der Waals surface area contributed by atoms with Crippen LogP contribution in [0.4, 0.5) is 0 Å². The predicted octanol–water partition coefficient (Wildman–Crippen LogP) is 1.52. The number of aromatic nitrogens is 3. The number of hydrogen-bond donors (Lipinski definition) is 1. The third kappa shape index (κ3) is 3.81. The Hall–Kier alpha value is -1.02. The summed E-state index contributed by atoms with van der Waals surface area (Å²) in [6, 6.07) is 0.325. The van der Waals surface area contributed by atoms with Gasteiger partial charge in [0.15, 0.2) is 0 Å². The van der Waals surface area contributed by atoms with Crippen LogP contribution in [0.5, 0.6) is 0 Å². The normalized spacial score (nSPS) is 29.0. The van der Waals surface area contributed by atoms with Gasteiger partial charge in [0.2, 0.25) is 0 Å². The second kappa shape index (κ2) is 7.92. The van der Waals surface area contributed by atoms with Crippen molar-refractivity contribution in [2.75, 3.05) is 40.0 Å². The Balaban J connectivity index is 1.46. The van der Waals surface area contributed by atoms with Gasteiger partial charge in [0.1, 0.15) is 11.6 Å². The van der Waals surface area contributed by atoms with E-state index >= 15 is 0 Å². The summed E-state index contributed by atoms with van der Waals surface area (Å²) < 4.78 is 13.2. The minimum atomic E-state index is 0.325. The Bertz CT molecular complexity index is 587. The van der Waals surface area contributed by atoms with Crippen LogP contribution in [0.1, 0.15) is 56.1 Å². The van der Waals surface area contributed by atoms with Crippen molar-refractivity contribution in [2.24, 2.45) is 11.1 Å². The smallest absolute Gasteiger partial charge is 0.147 e. The van der Waals surface area contributed by atoms with Crippen molar-refractivity contribution in [2.45, 2.75) is 63.6 Å². The molecule has 1 aromatic heterocycles. The van der Waals surface area contributed by atoms with E-state index in [0.29, 0.717) is 24.0 Å². The molecule has 2 saturated heterocycles. The molecule has 0 aromatic carbocycles. The van der Waals surface area contributed by atoms with E-state index in [1.807, 2.05) is 0 Å². The highest BCUT2D eigenvalue weighted by molar-refractivity contribution is 5.09. The molecule has 0 bridgehead atoms. The van der Waals surface area contributed by atoms with Gasteiger partial charge in [-0.3, -0.25) is 4.90 Å². The molecule has 3 fully saturated rings. The van der Waals surface area contributed by atoms with Crippen molar-refractivity contribution in [1.29, 1.82) is 0 Å². The highest BCUT2D eigenvalue weighted by atomic mass is 16.5. The van der Waals surface area contributed by atoms with Gasteiger partial charge < -0.3 is 19.8 Å². The molecule has 3 aliphatic rings. The van der Waals surface area contributed by atoms with E-state index in [1.54, 1.807) is 7.11 Å². The largest absolute Gasteiger partial charge is 0.383 e. The zero-order valence-electron chi connectivity index (χ0n) is 16.0. The summed E-state index contributed by atoms with van der Waals surface area (Å²) in [5.74, 6) is 2.66. The number of nitrogens with two attached hydrogens (primary N) is 1. The Kier molecular flexibility index (Phi) is 5.59. The Morgan fingerprint density at radius 2 is 2.04 bits per heavy atom. The first-order chi connectivity index (χ1) is 12.7. The molecule has 0 unspecified atom stereocenters. The van der Waals surface area contributed by atoms with Crippen LogP contribution in [0.25, 0.3) is 0 Å². The molecule has 2 N–H and O–H groups in total. The summed E-state index contributed by atoms with van der Waals surface area (Å²) in [7, 11) is 1.75. The van der Waals surface area contributed by atoms with E-state index in [4.69, 9.17) is 15.2 Å². The number of nitrogens with zero attached hydrogens (tertiary/aromatic N) is 4. The second-order valence-corrected chi connectivity index (χ2v) is 8.47. The lowest BCUT2D eigenvalue weighted by molar-refractivity contribution is -0.0298. The lowest BCUT2D eigenvalue weighted by atomic mass is 9.74. The fourth-order valence-corrected chi connectivity index (χ4v) is 4.92. The highest BCUT2D eigenvalue weighted by Crippen LogP contribution is 2.40. The summed E-state index contributed by atoms with van der Waals surface area (Å²) in [4.78, 5) is 2.58. The van der Waals surface area contributed by atoms with Gasteiger partial charge in [0.25, 0.3) is 0 Å². The zero-order valence-corrected chi connectivity index (χ0v) is 16.0. The van der Waals surface area contributed by atoms with Crippen molar-refractivity contribution >= 4 is 0 Å². The quantitative estimate of drug-likeness (QED) is 0.826. The maximum absolute atomic E-state index is 5.99. The van der Waals surface area contributed by atoms with Crippen LogP contribution in [-0.4, -0.2) is 65.7 Å². The number of piperidine rings is 1. The Morgan fingerprint density at radius 3 is 2.77 bits per heavy atom. The van der Waals surface area contributed by atoms with Gasteiger partial charge in [0.05, 0.1) is 13.2 Å². The third-order valence-electron chi connectivity index (χ3n) is 6.57. The summed E-state index contributed by atoms with van der Waals surface area (Å²) in [5, 5.41) is 9.13. The first kappa shape index (κ1) is 18.3. The standard InChI is InChI=1S/C19H33N5O2/c1-25-10-7-24-17(21-22-18(24)15-11-16(20)12-15)13-23-6-2-3-19(14-23)4-8-26-9-5-19/h15-16H,2-14,20H2,1H3. The van der Waals surface area contributed by atoms with Crippen LogP contribution in [0.3, 0.4) is 0 Å². The van der Waals surface area contributed by atoms with Gasteiger partial charge in [-0.05, 0) is 50.5 Å². The van der Waals surface area contributed by atoms with Gasteiger partial charge in [-0.1, -0.05) is 0 Å². The van der Waals surface area contributed by atoms with E-state index < -0.39 is 0 Å². The third-order valence-corrected chi connectivity index (χ3v) is 6.57. The number of rotatable bonds is 6. The number of likely N-dealkylation sites (tertiary alicyclic amines) is 1. The molecule has 26 heavy (non-hydrogen) atoms. The molecule has 2 aliphatic heterocycles. The zero-order chi connectivity index (χ0) is 18.0. The fourth-order valence-electron chi connectivity index (χ4n) is 4.92. The number of ether oxygens (including phenoxy) is 2. The van der Waals surface area contributed by atoms with Gasteiger partial charge in [-0.25, -0.2) is 0 Å². The van der Waals surface area contributed by atoms with Gasteiger partial charge in [-0.2, -0.15) is 0 Å². The molecule has 3 heterocycles. The number of methoxy groups -OCH3 is 1. The van der Waals surface area contributed by atoms with Gasteiger partial charge in [-0.15, -0.1) is 10.2 Å². The van der Waals surface area contributed by atoms with Gasteiger partial charge in [0, 0.05) is 45.4 Å². The molecule has 1 spiro atoms. The Labute approximate surface area is 156 Å². The van der Waals surface area contributed by atoms with E-state index in [1.165, 1.54) is 25.7 Å². The maximum atomic E-state index is 5.99. The molecular formula is C19H33N5O2. The van der Waals surface area contributed by atoms with Crippen molar-refractivity contribution in [1.82, 2.24) is 19.7 Å². The topological polar surface area (TPSA) is 78.4 Å². The molecule has 0 amide bonds. The Morgan fingerprint density at radius 1 is 1.23 bits per heavy atom. The van der Waals surface area contributed by atoms with Crippen molar-refractivity contribution in [3.05, 3.63) is 11.6 Å². The van der Waals surface area contributed by atoms with Crippen LogP contribution in [0.2, 0.25) is 0 Å². The summed E-state index contributed by atoms with van der Waals surface area (Å²) in [6.07, 6.45) is 7.07. The minimum absolute atomic E-state index is 0.325. The van der Waals surface area contributed by atoms with Gasteiger partial charge >= 0.3 is 0 Å². The van der Waals surface area contributed by atoms with E-state index in [2.05, 4.69) is 19.7 Å². The lowest BCUT2D eigenvalue weighted by Crippen LogP contribution is -2.46. The summed E-state index contributed by atoms with van der Waals surface area (Å²) in [6.45, 7) is 6.57. The molecule has 1 saturated carbocycles. The van der Waals surface area contributed by atoms with E-state index in [-0.39, 0.29) is 0 Å². The lowest BCUT2D eigenvalue weighted by Gasteiger charge is -2.45. The van der Waals surface area contributed by atoms with E-state index in [9.17, 15) is 0 Å². The average molecular weight is 364 g/mol. The molecule has 0 radical (unpaired) electrons.